The highest BCUT2D eigenvalue weighted by Gasteiger charge is 2.24. The number of anilines is 2. The highest BCUT2D eigenvalue weighted by Crippen LogP contribution is 2.41. The first kappa shape index (κ1) is 25.5. The Balaban J connectivity index is 1.75. The van der Waals surface area contributed by atoms with Crippen LogP contribution >= 0.6 is 0 Å². The van der Waals surface area contributed by atoms with Crippen molar-refractivity contribution in [1.29, 1.82) is 0 Å². The van der Waals surface area contributed by atoms with E-state index >= 15 is 0 Å². The maximum Gasteiger partial charge on any atom is 0.411 e. The molecule has 9 heteroatoms. The third kappa shape index (κ3) is 5.02. The quantitative estimate of drug-likeness (QED) is 0.326. The van der Waals surface area contributed by atoms with E-state index < -0.39 is 17.7 Å². The minimum absolute atomic E-state index is 0.0944. The summed E-state index contributed by atoms with van der Waals surface area (Å²) < 4.78 is 48.2. The fraction of sp³-hybridized carbons (Fsp3) is 0.241. The molecule has 3 N–H and O–H groups in total. The SMILES string of the molecule is COC(=O)Nc1c(F)cc(F)cc1-c1ccc2ncc(-c3cc(C)cc(F)c3)c(N3CCC(N)CC3)c2c1. The average Bonchev–Trinajstić information content (AvgIpc) is 2.89. The van der Waals surface area contributed by atoms with E-state index in [9.17, 15) is 18.0 Å². The summed E-state index contributed by atoms with van der Waals surface area (Å²) in [5.41, 5.74) is 10.3. The lowest BCUT2D eigenvalue weighted by Crippen LogP contribution is -2.40. The summed E-state index contributed by atoms with van der Waals surface area (Å²) in [7, 11) is 1.16. The summed E-state index contributed by atoms with van der Waals surface area (Å²) in [5.74, 6) is -2.08. The van der Waals surface area contributed by atoms with E-state index in [1.165, 1.54) is 12.1 Å². The highest BCUT2D eigenvalue weighted by atomic mass is 19.1. The summed E-state index contributed by atoms with van der Waals surface area (Å²) in [6.45, 7) is 3.21. The van der Waals surface area contributed by atoms with Gasteiger partial charge in [0.05, 0.1) is 24.0 Å². The molecule has 0 radical (unpaired) electrons. The smallest absolute Gasteiger partial charge is 0.411 e. The van der Waals surface area contributed by atoms with Crippen molar-refractivity contribution in [3.63, 3.8) is 0 Å². The van der Waals surface area contributed by atoms with Crippen LogP contribution in [0.4, 0.5) is 29.3 Å². The maximum absolute atomic E-state index is 14.8. The number of amides is 1. The van der Waals surface area contributed by atoms with Crippen molar-refractivity contribution in [3.8, 4) is 22.3 Å². The molecule has 0 atom stereocenters. The minimum atomic E-state index is -0.933. The van der Waals surface area contributed by atoms with Gasteiger partial charge in [0.15, 0.2) is 0 Å². The summed E-state index contributed by atoms with van der Waals surface area (Å²) in [6.07, 6.45) is 2.42. The maximum atomic E-state index is 14.8. The Bertz CT molecular complexity index is 1510. The van der Waals surface area contributed by atoms with Gasteiger partial charge < -0.3 is 15.4 Å². The van der Waals surface area contributed by atoms with E-state index in [1.54, 1.807) is 24.4 Å². The summed E-state index contributed by atoms with van der Waals surface area (Å²) in [4.78, 5) is 18.7. The number of aryl methyl sites for hydroxylation is 1. The van der Waals surface area contributed by atoms with Crippen molar-refractivity contribution in [2.75, 3.05) is 30.4 Å². The largest absolute Gasteiger partial charge is 0.453 e. The zero-order valence-corrected chi connectivity index (χ0v) is 21.0. The van der Waals surface area contributed by atoms with E-state index in [0.717, 1.165) is 48.2 Å². The van der Waals surface area contributed by atoms with Crippen molar-refractivity contribution in [2.45, 2.75) is 25.8 Å². The molecule has 1 aliphatic heterocycles. The molecular formula is C29H27F3N4O2. The number of fused-ring (bicyclic) bond motifs is 1. The number of hydrogen-bond acceptors (Lipinski definition) is 5. The number of ether oxygens (including phenoxy) is 1. The lowest BCUT2D eigenvalue weighted by Gasteiger charge is -2.34. The second-order valence-corrected chi connectivity index (χ2v) is 9.52. The van der Waals surface area contributed by atoms with Crippen LogP contribution in [0.3, 0.4) is 0 Å². The molecule has 1 aliphatic rings. The molecule has 1 saturated heterocycles. The lowest BCUT2D eigenvalue weighted by atomic mass is 9.95. The molecule has 4 aromatic rings. The molecule has 6 nitrogen and oxygen atoms in total. The van der Waals surface area contributed by atoms with E-state index in [4.69, 9.17) is 5.73 Å². The Kier molecular flexibility index (Phi) is 6.94. The monoisotopic (exact) mass is 520 g/mol. The van der Waals surface area contributed by atoms with Crippen LogP contribution in [0.1, 0.15) is 18.4 Å². The third-order valence-corrected chi connectivity index (χ3v) is 6.83. The van der Waals surface area contributed by atoms with E-state index in [-0.39, 0.29) is 23.1 Å². The van der Waals surface area contributed by atoms with E-state index in [0.29, 0.717) is 35.8 Å². The second-order valence-electron chi connectivity index (χ2n) is 9.52. The molecule has 1 aromatic heterocycles. The van der Waals surface area contributed by atoms with Crippen LogP contribution in [0.5, 0.6) is 0 Å². The molecule has 1 fully saturated rings. The average molecular weight is 521 g/mol. The van der Waals surface area contributed by atoms with Crippen LogP contribution in [0.2, 0.25) is 0 Å². The van der Waals surface area contributed by atoms with Crippen LogP contribution in [0.25, 0.3) is 33.2 Å². The van der Waals surface area contributed by atoms with E-state index in [2.05, 4.69) is 19.9 Å². The second kappa shape index (κ2) is 10.3. The number of halogens is 3. The molecule has 1 amide bonds. The number of carbonyl (C=O) groups is 1. The van der Waals surface area contributed by atoms with Gasteiger partial charge in [0.1, 0.15) is 17.5 Å². The van der Waals surface area contributed by atoms with Gasteiger partial charge in [-0.25, -0.2) is 18.0 Å². The van der Waals surface area contributed by atoms with Crippen LogP contribution in [0.15, 0.2) is 54.7 Å². The zero-order valence-electron chi connectivity index (χ0n) is 21.0. The Labute approximate surface area is 218 Å². The molecule has 0 unspecified atom stereocenters. The van der Waals surface area contributed by atoms with Crippen molar-refractivity contribution < 1.29 is 22.7 Å². The van der Waals surface area contributed by atoms with Crippen molar-refractivity contribution in [3.05, 3.63) is 77.7 Å². The Hall–Kier alpha value is -4.11. The third-order valence-electron chi connectivity index (χ3n) is 6.83. The molecule has 38 heavy (non-hydrogen) atoms. The molecule has 0 saturated carbocycles. The van der Waals surface area contributed by atoms with Gasteiger partial charge in [-0.15, -0.1) is 0 Å². The number of aromatic nitrogens is 1. The first-order valence-electron chi connectivity index (χ1n) is 12.3. The number of nitrogens with zero attached hydrogens (tertiary/aromatic N) is 2. The first-order chi connectivity index (χ1) is 18.2. The highest BCUT2D eigenvalue weighted by molar-refractivity contribution is 6.03. The first-order valence-corrected chi connectivity index (χ1v) is 12.3. The fourth-order valence-electron chi connectivity index (χ4n) is 4.99. The van der Waals surface area contributed by atoms with Crippen LogP contribution < -0.4 is 16.0 Å². The van der Waals surface area contributed by atoms with Gasteiger partial charge in [-0.1, -0.05) is 12.1 Å². The fourth-order valence-corrected chi connectivity index (χ4v) is 4.99. The number of benzene rings is 3. The van der Waals surface area contributed by atoms with Gasteiger partial charge in [0, 0.05) is 47.9 Å². The number of nitrogens with two attached hydrogens (primary N) is 1. The van der Waals surface area contributed by atoms with Crippen LogP contribution in [-0.2, 0) is 4.74 Å². The van der Waals surface area contributed by atoms with Crippen molar-refractivity contribution >= 4 is 28.4 Å². The summed E-state index contributed by atoms with van der Waals surface area (Å²) >= 11 is 0. The Morgan fingerprint density at radius 3 is 2.45 bits per heavy atom. The van der Waals surface area contributed by atoms with Gasteiger partial charge in [0.25, 0.3) is 0 Å². The predicted octanol–water partition coefficient (Wildman–Crippen LogP) is 6.40. The Morgan fingerprint density at radius 1 is 1.00 bits per heavy atom. The van der Waals surface area contributed by atoms with E-state index in [1.807, 2.05) is 13.0 Å². The molecule has 0 aliphatic carbocycles. The molecule has 0 spiro atoms. The number of carbonyl (C=O) groups excluding carboxylic acids is 1. The zero-order chi connectivity index (χ0) is 27.0. The summed E-state index contributed by atoms with van der Waals surface area (Å²) in [6, 6.07) is 12.0. The molecule has 2 heterocycles. The normalized spacial score (nSPS) is 14.1. The number of piperidine rings is 1. The van der Waals surface area contributed by atoms with Gasteiger partial charge in [-0.3, -0.25) is 10.3 Å². The van der Waals surface area contributed by atoms with Crippen molar-refractivity contribution in [2.24, 2.45) is 5.73 Å². The number of hydrogen-bond donors (Lipinski definition) is 2. The summed E-state index contributed by atoms with van der Waals surface area (Å²) in [5, 5.41) is 3.08. The number of methoxy groups -OCH3 is 1. The van der Waals surface area contributed by atoms with Crippen molar-refractivity contribution in [1.82, 2.24) is 4.98 Å². The standard InChI is InChI=1S/C29H27F3N4O2/c1-16-9-18(11-19(30)10-16)24-15-34-26-4-3-17(12-23(26)28(24)36-7-5-21(33)6-8-36)22-13-20(31)14-25(32)27(22)35-29(37)38-2/h3-4,9-15,21H,5-8,33H2,1-2H3,(H,35,37). The van der Waals surface area contributed by atoms with Crippen LogP contribution in [0, 0.1) is 24.4 Å². The molecule has 0 bridgehead atoms. The van der Waals surface area contributed by atoms with Gasteiger partial charge in [-0.05, 0) is 66.8 Å². The number of pyridine rings is 1. The van der Waals surface area contributed by atoms with Gasteiger partial charge >= 0.3 is 6.09 Å². The Morgan fingerprint density at radius 2 is 1.74 bits per heavy atom. The number of nitrogens with one attached hydrogen (secondary N) is 1. The lowest BCUT2D eigenvalue weighted by molar-refractivity contribution is 0.187. The molecule has 5 rings (SSSR count). The molecular weight excluding hydrogens is 493 g/mol. The minimum Gasteiger partial charge on any atom is -0.453 e. The van der Waals surface area contributed by atoms with Gasteiger partial charge in [0.2, 0.25) is 0 Å². The number of rotatable bonds is 4. The van der Waals surface area contributed by atoms with Crippen LogP contribution in [-0.4, -0.2) is 37.3 Å². The van der Waals surface area contributed by atoms with Gasteiger partial charge in [-0.2, -0.15) is 0 Å². The topological polar surface area (TPSA) is 80.5 Å². The molecule has 196 valence electrons. The molecule has 3 aromatic carbocycles. The predicted molar refractivity (Wildman–Crippen MR) is 143 cm³/mol.